The third-order valence-electron chi connectivity index (χ3n) is 3.81. The Kier molecular flexibility index (Phi) is 3.16. The zero-order valence-corrected chi connectivity index (χ0v) is 13.1. The maximum absolute atomic E-state index is 13.0. The van der Waals surface area contributed by atoms with Gasteiger partial charge in [0, 0.05) is 13.6 Å². The predicted octanol–water partition coefficient (Wildman–Crippen LogP) is 1.67. The molecule has 0 radical (unpaired) electrons. The first-order valence-electron chi connectivity index (χ1n) is 6.77. The predicted molar refractivity (Wildman–Crippen MR) is 82.3 cm³/mol. The second-order valence-electron chi connectivity index (χ2n) is 5.25. The van der Waals surface area contributed by atoms with E-state index in [4.69, 9.17) is 0 Å². The summed E-state index contributed by atoms with van der Waals surface area (Å²) in [5, 5.41) is 6.76. The summed E-state index contributed by atoms with van der Waals surface area (Å²) in [5.41, 5.74) is 2.71. The summed E-state index contributed by atoms with van der Waals surface area (Å²) >= 11 is 0. The van der Waals surface area contributed by atoms with E-state index in [1.54, 1.807) is 13.8 Å². The normalized spacial score (nSPS) is 15.2. The molecule has 1 aromatic carbocycles. The maximum Gasteiger partial charge on any atom is 0.268 e. The van der Waals surface area contributed by atoms with Gasteiger partial charge in [-0.3, -0.25) is 9.40 Å². The molecular formula is C14H18N4O2S. The highest BCUT2D eigenvalue weighted by molar-refractivity contribution is 7.93. The van der Waals surface area contributed by atoms with Gasteiger partial charge >= 0.3 is 0 Å². The van der Waals surface area contributed by atoms with Crippen molar-refractivity contribution in [2.75, 3.05) is 29.3 Å². The fraction of sp³-hybridized carbons (Fsp3) is 0.357. The molecule has 0 amide bonds. The standard InChI is InChI=1S/C14H18N4O2S/c1-10-14(11(2)16-15-10)21(19,20)18-9-8-17(3)12-6-4-5-7-13(12)18/h4-7H,8-9H2,1-3H3,(H,15,16). The van der Waals surface area contributed by atoms with Crippen molar-refractivity contribution in [3.63, 3.8) is 0 Å². The van der Waals surface area contributed by atoms with Crippen molar-refractivity contribution in [2.24, 2.45) is 0 Å². The van der Waals surface area contributed by atoms with Crippen molar-refractivity contribution < 1.29 is 8.42 Å². The molecule has 1 N–H and O–H groups in total. The molecule has 1 aliphatic rings. The van der Waals surface area contributed by atoms with Gasteiger partial charge in [0.15, 0.2) is 0 Å². The van der Waals surface area contributed by atoms with Crippen molar-refractivity contribution in [3.8, 4) is 0 Å². The van der Waals surface area contributed by atoms with Crippen LogP contribution in [0.15, 0.2) is 29.2 Å². The second-order valence-corrected chi connectivity index (χ2v) is 7.05. The summed E-state index contributed by atoms with van der Waals surface area (Å²) in [5.74, 6) is 0. The summed E-state index contributed by atoms with van der Waals surface area (Å²) in [4.78, 5) is 2.35. The second kappa shape index (κ2) is 4.77. The van der Waals surface area contributed by atoms with Crippen LogP contribution in [0.4, 0.5) is 11.4 Å². The van der Waals surface area contributed by atoms with E-state index < -0.39 is 10.0 Å². The van der Waals surface area contributed by atoms with Crippen LogP contribution >= 0.6 is 0 Å². The molecule has 0 bridgehead atoms. The molecule has 2 aromatic rings. The molecule has 0 fully saturated rings. The smallest absolute Gasteiger partial charge is 0.268 e. The Morgan fingerprint density at radius 1 is 1.14 bits per heavy atom. The number of likely N-dealkylation sites (N-methyl/N-ethyl adjacent to an activating group) is 1. The van der Waals surface area contributed by atoms with Crippen LogP contribution in [0.3, 0.4) is 0 Å². The van der Waals surface area contributed by atoms with E-state index in [9.17, 15) is 8.42 Å². The first kappa shape index (κ1) is 13.9. The molecule has 1 aromatic heterocycles. The number of nitrogens with zero attached hydrogens (tertiary/aromatic N) is 3. The summed E-state index contributed by atoms with van der Waals surface area (Å²) in [7, 11) is -1.63. The summed E-state index contributed by atoms with van der Waals surface area (Å²) in [6.07, 6.45) is 0. The SMILES string of the molecule is Cc1n[nH]c(C)c1S(=O)(=O)N1CCN(C)c2ccccc21. The first-order valence-corrected chi connectivity index (χ1v) is 8.21. The number of aromatic nitrogens is 2. The van der Waals surface area contributed by atoms with Crippen LogP contribution in [0.5, 0.6) is 0 Å². The van der Waals surface area contributed by atoms with Crippen molar-refractivity contribution in [1.82, 2.24) is 10.2 Å². The zero-order chi connectivity index (χ0) is 15.2. The molecule has 0 saturated heterocycles. The van der Waals surface area contributed by atoms with Gasteiger partial charge in [0.1, 0.15) is 4.90 Å². The maximum atomic E-state index is 13.0. The van der Waals surface area contributed by atoms with Crippen molar-refractivity contribution in [3.05, 3.63) is 35.7 Å². The fourth-order valence-corrected chi connectivity index (χ4v) is 4.57. The number of rotatable bonds is 2. The number of H-pyrrole nitrogens is 1. The van der Waals surface area contributed by atoms with Gasteiger partial charge in [-0.05, 0) is 26.0 Å². The number of hydrogen-bond donors (Lipinski definition) is 1. The number of benzene rings is 1. The number of aromatic amines is 1. The highest BCUT2D eigenvalue weighted by atomic mass is 32.2. The molecular weight excluding hydrogens is 288 g/mol. The van der Waals surface area contributed by atoms with Gasteiger partial charge in [-0.2, -0.15) is 5.10 Å². The van der Waals surface area contributed by atoms with Gasteiger partial charge < -0.3 is 4.90 Å². The van der Waals surface area contributed by atoms with Crippen LogP contribution in [-0.4, -0.2) is 38.8 Å². The Morgan fingerprint density at radius 3 is 2.43 bits per heavy atom. The molecule has 0 spiro atoms. The lowest BCUT2D eigenvalue weighted by Gasteiger charge is -2.36. The largest absolute Gasteiger partial charge is 0.371 e. The fourth-order valence-electron chi connectivity index (χ4n) is 2.76. The Balaban J connectivity index is 2.16. The summed E-state index contributed by atoms with van der Waals surface area (Å²) in [6.45, 7) is 4.53. The molecule has 1 aliphatic heterocycles. The molecule has 2 heterocycles. The lowest BCUT2D eigenvalue weighted by atomic mass is 10.2. The van der Waals surface area contributed by atoms with Gasteiger partial charge in [-0.15, -0.1) is 0 Å². The van der Waals surface area contributed by atoms with Crippen molar-refractivity contribution in [2.45, 2.75) is 18.7 Å². The number of para-hydroxylation sites is 2. The number of hydrogen-bond acceptors (Lipinski definition) is 4. The van der Waals surface area contributed by atoms with Crippen LogP contribution in [0.1, 0.15) is 11.4 Å². The third kappa shape index (κ3) is 2.08. The quantitative estimate of drug-likeness (QED) is 0.916. The molecule has 3 rings (SSSR count). The Labute approximate surface area is 124 Å². The van der Waals surface area contributed by atoms with E-state index in [0.717, 1.165) is 5.69 Å². The molecule has 0 aliphatic carbocycles. The lowest BCUT2D eigenvalue weighted by Crippen LogP contribution is -2.42. The van der Waals surface area contributed by atoms with Gasteiger partial charge in [-0.1, -0.05) is 12.1 Å². The molecule has 0 atom stereocenters. The number of fused-ring (bicyclic) bond motifs is 1. The highest BCUT2D eigenvalue weighted by Gasteiger charge is 2.33. The molecule has 6 nitrogen and oxygen atoms in total. The molecule has 112 valence electrons. The van der Waals surface area contributed by atoms with Gasteiger partial charge in [-0.25, -0.2) is 8.42 Å². The van der Waals surface area contributed by atoms with E-state index in [1.165, 1.54) is 4.31 Å². The third-order valence-corrected chi connectivity index (χ3v) is 5.89. The monoisotopic (exact) mass is 306 g/mol. The molecule has 0 saturated carbocycles. The Bertz CT molecular complexity index is 763. The van der Waals surface area contributed by atoms with Crippen LogP contribution < -0.4 is 9.21 Å². The van der Waals surface area contributed by atoms with Gasteiger partial charge in [0.05, 0.1) is 29.3 Å². The van der Waals surface area contributed by atoms with E-state index >= 15 is 0 Å². The Morgan fingerprint density at radius 2 is 1.81 bits per heavy atom. The van der Waals surface area contributed by atoms with E-state index in [0.29, 0.717) is 30.2 Å². The van der Waals surface area contributed by atoms with Crippen LogP contribution in [0.25, 0.3) is 0 Å². The van der Waals surface area contributed by atoms with Crippen molar-refractivity contribution >= 4 is 21.4 Å². The summed E-state index contributed by atoms with van der Waals surface area (Å²) < 4.78 is 27.5. The lowest BCUT2D eigenvalue weighted by molar-refractivity contribution is 0.588. The number of aryl methyl sites for hydroxylation is 2. The number of nitrogens with one attached hydrogen (secondary N) is 1. The highest BCUT2D eigenvalue weighted by Crippen LogP contribution is 2.36. The van der Waals surface area contributed by atoms with E-state index in [1.807, 2.05) is 31.3 Å². The zero-order valence-electron chi connectivity index (χ0n) is 12.3. The minimum atomic E-state index is -3.60. The van der Waals surface area contributed by atoms with Gasteiger partial charge in [0.2, 0.25) is 0 Å². The van der Waals surface area contributed by atoms with Crippen molar-refractivity contribution in [1.29, 1.82) is 0 Å². The average molecular weight is 306 g/mol. The summed E-state index contributed by atoms with van der Waals surface area (Å²) in [6, 6.07) is 7.55. The minimum absolute atomic E-state index is 0.279. The van der Waals surface area contributed by atoms with E-state index in [2.05, 4.69) is 15.1 Å². The van der Waals surface area contributed by atoms with Crippen LogP contribution in [0.2, 0.25) is 0 Å². The van der Waals surface area contributed by atoms with Crippen LogP contribution in [-0.2, 0) is 10.0 Å². The first-order chi connectivity index (χ1) is 9.93. The molecule has 0 unspecified atom stereocenters. The molecule has 21 heavy (non-hydrogen) atoms. The number of sulfonamides is 1. The van der Waals surface area contributed by atoms with Crippen LogP contribution in [0, 0.1) is 13.8 Å². The average Bonchev–Trinajstić information content (AvgIpc) is 2.79. The molecule has 7 heteroatoms. The van der Waals surface area contributed by atoms with Gasteiger partial charge in [0.25, 0.3) is 10.0 Å². The van der Waals surface area contributed by atoms with E-state index in [-0.39, 0.29) is 4.90 Å². The number of anilines is 2. The topological polar surface area (TPSA) is 69.3 Å². The Hall–Kier alpha value is -2.02. The minimum Gasteiger partial charge on any atom is -0.371 e.